The van der Waals surface area contributed by atoms with Crippen molar-refractivity contribution in [1.29, 1.82) is 0 Å². The van der Waals surface area contributed by atoms with Crippen molar-refractivity contribution in [3.05, 3.63) is 23.8 Å². The Hall–Kier alpha value is -2.44. The average molecular weight is 393 g/mol. The summed E-state index contributed by atoms with van der Waals surface area (Å²) in [6.07, 6.45) is 1.34. The van der Waals surface area contributed by atoms with Crippen molar-refractivity contribution in [3.8, 4) is 11.5 Å². The normalized spacial score (nSPS) is 15.1. The number of methoxy groups -OCH3 is 1. The van der Waals surface area contributed by atoms with Crippen LogP contribution in [-0.2, 0) is 9.47 Å². The van der Waals surface area contributed by atoms with Crippen LogP contribution in [0.4, 0.5) is 4.79 Å². The maximum Gasteiger partial charge on any atom is 0.410 e. The molecule has 0 aromatic heterocycles. The van der Waals surface area contributed by atoms with E-state index in [1.807, 2.05) is 20.8 Å². The molecule has 2 rings (SSSR count). The number of likely N-dealkylation sites (tertiary alicyclic amines) is 1. The summed E-state index contributed by atoms with van der Waals surface area (Å²) in [5, 5.41) is 0. The molecule has 0 N–H and O–H groups in total. The molecule has 0 spiro atoms. The molecule has 0 saturated carbocycles. The number of carbonyl (C=O) groups is 2. The SMILES string of the molecule is CCOC(=O)c1cccc(OC)c1OCC1CCN(C(=O)OC(C)(C)C)CC1. The third-order valence-corrected chi connectivity index (χ3v) is 4.42. The zero-order chi connectivity index (χ0) is 20.7. The van der Waals surface area contributed by atoms with E-state index in [9.17, 15) is 9.59 Å². The van der Waals surface area contributed by atoms with E-state index in [0.717, 1.165) is 12.8 Å². The van der Waals surface area contributed by atoms with Crippen molar-refractivity contribution in [2.75, 3.05) is 33.4 Å². The average Bonchev–Trinajstić information content (AvgIpc) is 2.65. The molecule has 156 valence electrons. The van der Waals surface area contributed by atoms with Crippen LogP contribution in [0, 0.1) is 5.92 Å². The van der Waals surface area contributed by atoms with Gasteiger partial charge in [0.25, 0.3) is 0 Å². The van der Waals surface area contributed by atoms with Crippen LogP contribution in [0.3, 0.4) is 0 Å². The third kappa shape index (κ3) is 6.04. The number of hydrogen-bond acceptors (Lipinski definition) is 6. The molecule has 7 nitrogen and oxygen atoms in total. The molecule has 0 bridgehead atoms. The van der Waals surface area contributed by atoms with Gasteiger partial charge in [0.05, 0.1) is 20.3 Å². The Balaban J connectivity index is 1.95. The van der Waals surface area contributed by atoms with Gasteiger partial charge in [-0.2, -0.15) is 0 Å². The summed E-state index contributed by atoms with van der Waals surface area (Å²) in [6.45, 7) is 9.32. The molecule has 0 radical (unpaired) electrons. The number of ether oxygens (including phenoxy) is 4. The zero-order valence-corrected chi connectivity index (χ0v) is 17.4. The number of amides is 1. The van der Waals surface area contributed by atoms with Gasteiger partial charge in [-0.05, 0) is 58.6 Å². The van der Waals surface area contributed by atoms with E-state index in [0.29, 0.717) is 43.4 Å². The molecular weight excluding hydrogens is 362 g/mol. The van der Waals surface area contributed by atoms with Crippen molar-refractivity contribution in [3.63, 3.8) is 0 Å². The van der Waals surface area contributed by atoms with Crippen molar-refractivity contribution in [1.82, 2.24) is 4.90 Å². The number of benzene rings is 1. The fourth-order valence-electron chi connectivity index (χ4n) is 3.00. The Morgan fingerprint density at radius 2 is 1.86 bits per heavy atom. The first-order chi connectivity index (χ1) is 13.2. The maximum absolute atomic E-state index is 12.2. The molecule has 0 unspecified atom stereocenters. The van der Waals surface area contributed by atoms with E-state index in [1.54, 1.807) is 30.0 Å². The van der Waals surface area contributed by atoms with Gasteiger partial charge in [0.1, 0.15) is 11.2 Å². The van der Waals surface area contributed by atoms with Gasteiger partial charge in [-0.15, -0.1) is 0 Å². The minimum atomic E-state index is -0.496. The summed E-state index contributed by atoms with van der Waals surface area (Å²) in [5.41, 5.74) is -0.142. The lowest BCUT2D eigenvalue weighted by molar-refractivity contribution is 0.0163. The fraction of sp³-hybridized carbons (Fsp3) is 0.619. The molecule has 1 heterocycles. The topological polar surface area (TPSA) is 74.3 Å². The number of nitrogens with zero attached hydrogens (tertiary/aromatic N) is 1. The number of rotatable bonds is 6. The van der Waals surface area contributed by atoms with Crippen LogP contribution in [0.1, 0.15) is 50.9 Å². The molecule has 28 heavy (non-hydrogen) atoms. The Bertz CT molecular complexity index is 674. The van der Waals surface area contributed by atoms with Gasteiger partial charge in [0, 0.05) is 13.1 Å². The van der Waals surface area contributed by atoms with Gasteiger partial charge < -0.3 is 23.8 Å². The maximum atomic E-state index is 12.2. The number of hydrogen-bond donors (Lipinski definition) is 0. The molecular formula is C21H31NO6. The quantitative estimate of drug-likeness (QED) is 0.683. The van der Waals surface area contributed by atoms with Crippen molar-refractivity contribution in [2.45, 2.75) is 46.1 Å². The van der Waals surface area contributed by atoms with Crippen LogP contribution in [0.15, 0.2) is 18.2 Å². The van der Waals surface area contributed by atoms with Crippen molar-refractivity contribution < 1.29 is 28.5 Å². The molecule has 1 aliphatic rings. The number of para-hydroxylation sites is 1. The van der Waals surface area contributed by atoms with Gasteiger partial charge in [-0.1, -0.05) is 6.07 Å². The van der Waals surface area contributed by atoms with Gasteiger partial charge in [0.2, 0.25) is 0 Å². The monoisotopic (exact) mass is 393 g/mol. The van der Waals surface area contributed by atoms with E-state index in [1.165, 1.54) is 7.11 Å². The summed E-state index contributed by atoms with van der Waals surface area (Å²) in [7, 11) is 1.54. The summed E-state index contributed by atoms with van der Waals surface area (Å²) in [6, 6.07) is 5.15. The van der Waals surface area contributed by atoms with Crippen LogP contribution in [0.25, 0.3) is 0 Å². The molecule has 7 heteroatoms. The lowest BCUT2D eigenvalue weighted by Crippen LogP contribution is -2.42. The zero-order valence-electron chi connectivity index (χ0n) is 17.4. The molecule has 1 aliphatic heterocycles. The standard InChI is InChI=1S/C21H31NO6/c1-6-26-19(23)16-8-7-9-17(25-5)18(16)27-14-15-10-12-22(13-11-15)20(24)28-21(2,3)4/h7-9,15H,6,10-14H2,1-5H3. The van der Waals surface area contributed by atoms with E-state index in [4.69, 9.17) is 18.9 Å². The van der Waals surface area contributed by atoms with Gasteiger partial charge in [-0.3, -0.25) is 0 Å². The summed E-state index contributed by atoms with van der Waals surface area (Å²) < 4.78 is 21.9. The summed E-state index contributed by atoms with van der Waals surface area (Å²) in [5.74, 6) is 0.740. The van der Waals surface area contributed by atoms with Crippen LogP contribution in [-0.4, -0.2) is 56.0 Å². The van der Waals surface area contributed by atoms with Crippen molar-refractivity contribution in [2.24, 2.45) is 5.92 Å². The van der Waals surface area contributed by atoms with Crippen LogP contribution >= 0.6 is 0 Å². The lowest BCUT2D eigenvalue weighted by Gasteiger charge is -2.33. The fourth-order valence-corrected chi connectivity index (χ4v) is 3.00. The van der Waals surface area contributed by atoms with E-state index < -0.39 is 11.6 Å². The Morgan fingerprint density at radius 3 is 2.43 bits per heavy atom. The molecule has 0 aliphatic carbocycles. The lowest BCUT2D eigenvalue weighted by atomic mass is 9.98. The van der Waals surface area contributed by atoms with Crippen LogP contribution in [0.2, 0.25) is 0 Å². The largest absolute Gasteiger partial charge is 0.493 e. The first-order valence-corrected chi connectivity index (χ1v) is 9.70. The second-order valence-corrected chi connectivity index (χ2v) is 7.78. The third-order valence-electron chi connectivity index (χ3n) is 4.42. The minimum absolute atomic E-state index is 0.277. The van der Waals surface area contributed by atoms with Gasteiger partial charge >= 0.3 is 12.1 Å². The Morgan fingerprint density at radius 1 is 1.18 bits per heavy atom. The molecule has 1 aromatic carbocycles. The first-order valence-electron chi connectivity index (χ1n) is 9.70. The highest BCUT2D eigenvalue weighted by molar-refractivity contribution is 5.93. The highest BCUT2D eigenvalue weighted by Crippen LogP contribution is 2.33. The molecule has 0 atom stereocenters. The van der Waals surface area contributed by atoms with Crippen molar-refractivity contribution >= 4 is 12.1 Å². The Kier molecular flexibility index (Phi) is 7.54. The predicted molar refractivity (Wildman–Crippen MR) is 105 cm³/mol. The summed E-state index contributed by atoms with van der Waals surface area (Å²) >= 11 is 0. The summed E-state index contributed by atoms with van der Waals surface area (Å²) in [4.78, 5) is 26.1. The predicted octanol–water partition coefficient (Wildman–Crippen LogP) is 3.90. The second-order valence-electron chi connectivity index (χ2n) is 7.78. The van der Waals surface area contributed by atoms with Gasteiger partial charge in [0.15, 0.2) is 11.5 Å². The smallest absolute Gasteiger partial charge is 0.410 e. The molecule has 1 aromatic rings. The van der Waals surface area contributed by atoms with Crippen LogP contribution < -0.4 is 9.47 Å². The number of esters is 1. The number of piperidine rings is 1. The van der Waals surface area contributed by atoms with E-state index in [2.05, 4.69) is 0 Å². The highest BCUT2D eigenvalue weighted by atomic mass is 16.6. The first kappa shape index (κ1) is 21.9. The Labute approximate surface area is 166 Å². The molecule has 1 saturated heterocycles. The number of carbonyl (C=O) groups excluding carboxylic acids is 2. The van der Waals surface area contributed by atoms with E-state index >= 15 is 0 Å². The van der Waals surface area contributed by atoms with Gasteiger partial charge in [-0.25, -0.2) is 9.59 Å². The molecule has 1 fully saturated rings. The molecule has 1 amide bonds. The van der Waals surface area contributed by atoms with Crippen LogP contribution in [0.5, 0.6) is 11.5 Å². The van der Waals surface area contributed by atoms with E-state index in [-0.39, 0.29) is 12.0 Å². The highest BCUT2D eigenvalue weighted by Gasteiger charge is 2.28. The second kappa shape index (κ2) is 9.66. The minimum Gasteiger partial charge on any atom is -0.493 e.